The molecule has 1 saturated heterocycles. The van der Waals surface area contributed by atoms with Gasteiger partial charge in [-0.25, -0.2) is 4.98 Å². The van der Waals surface area contributed by atoms with Gasteiger partial charge >= 0.3 is 0 Å². The molecule has 0 N–H and O–H groups in total. The summed E-state index contributed by atoms with van der Waals surface area (Å²) in [4.78, 5) is 29.1. The first kappa shape index (κ1) is 10.9. The van der Waals surface area contributed by atoms with Gasteiger partial charge in [0.05, 0.1) is 6.04 Å². The molecule has 1 saturated carbocycles. The Bertz CT molecular complexity index is 491. The molecule has 1 aromatic rings. The van der Waals surface area contributed by atoms with Crippen molar-refractivity contribution in [3.63, 3.8) is 0 Å². The normalized spacial score (nSPS) is 29.9. The predicted molar refractivity (Wildman–Crippen MR) is 64.5 cm³/mol. The summed E-state index contributed by atoms with van der Waals surface area (Å²) < 4.78 is 0.643. The van der Waals surface area contributed by atoms with Crippen LogP contribution in [0.4, 0.5) is 0 Å². The molecule has 0 spiro atoms. The van der Waals surface area contributed by atoms with Gasteiger partial charge in [-0.3, -0.25) is 9.59 Å². The number of Topliss-reactive ketones (excluding diaryl/α,β-unsaturated/α-hetero) is 1. The van der Waals surface area contributed by atoms with Crippen molar-refractivity contribution in [3.8, 4) is 0 Å². The molecule has 1 aliphatic heterocycles. The molecule has 1 aromatic heterocycles. The third-order valence-corrected chi connectivity index (χ3v) is 3.99. The molecule has 4 nitrogen and oxygen atoms in total. The Hall–Kier alpha value is -1.23. The molecular formula is C12H11BrN2O2. The van der Waals surface area contributed by atoms with Crippen LogP contribution in [0.15, 0.2) is 22.8 Å². The van der Waals surface area contributed by atoms with Crippen LogP contribution >= 0.6 is 15.9 Å². The highest BCUT2D eigenvalue weighted by Crippen LogP contribution is 2.47. The Kier molecular flexibility index (Phi) is 2.50. The average molecular weight is 295 g/mol. The Balaban J connectivity index is 1.85. The third-order valence-electron chi connectivity index (χ3n) is 3.55. The lowest BCUT2D eigenvalue weighted by molar-refractivity contribution is -0.119. The second-order valence-electron chi connectivity index (χ2n) is 4.58. The fourth-order valence-electron chi connectivity index (χ4n) is 2.60. The van der Waals surface area contributed by atoms with Gasteiger partial charge in [0.25, 0.3) is 0 Å². The Morgan fingerprint density at radius 1 is 1.47 bits per heavy atom. The van der Waals surface area contributed by atoms with Gasteiger partial charge < -0.3 is 4.90 Å². The minimum atomic E-state index is -0.307. The minimum absolute atomic E-state index is 0.0504. The van der Waals surface area contributed by atoms with Gasteiger partial charge in [0.2, 0.25) is 12.2 Å². The quantitative estimate of drug-likeness (QED) is 0.484. The number of likely N-dealkylation sites (tertiary alicyclic amines) is 1. The summed E-state index contributed by atoms with van der Waals surface area (Å²) in [5.41, 5.74) is 0.428. The Morgan fingerprint density at radius 2 is 2.29 bits per heavy atom. The Morgan fingerprint density at radius 3 is 3.00 bits per heavy atom. The van der Waals surface area contributed by atoms with Gasteiger partial charge in [-0.15, -0.1) is 0 Å². The standard InChI is InChI=1S/C12H11BrN2O2/c13-11-3-1-2-8(14-11)12(17)10-5-7-4-9(7)15(10)6-16/h1-3,6-7,9-10H,4-5H2/t7-,9-,10+/m1/s1. The topological polar surface area (TPSA) is 50.3 Å². The highest BCUT2D eigenvalue weighted by molar-refractivity contribution is 9.10. The molecule has 1 amide bonds. The van der Waals surface area contributed by atoms with Crippen molar-refractivity contribution in [2.45, 2.75) is 24.9 Å². The highest BCUT2D eigenvalue weighted by atomic mass is 79.9. The molecule has 88 valence electrons. The average Bonchev–Trinajstić information content (AvgIpc) is 3.00. The van der Waals surface area contributed by atoms with Crippen molar-refractivity contribution >= 4 is 28.1 Å². The first-order chi connectivity index (χ1) is 8.20. The monoisotopic (exact) mass is 294 g/mol. The van der Waals surface area contributed by atoms with E-state index in [0.717, 1.165) is 19.3 Å². The van der Waals surface area contributed by atoms with Crippen molar-refractivity contribution in [3.05, 3.63) is 28.5 Å². The van der Waals surface area contributed by atoms with E-state index in [1.54, 1.807) is 23.1 Å². The summed E-state index contributed by atoms with van der Waals surface area (Å²) in [5, 5.41) is 0. The first-order valence-corrected chi connectivity index (χ1v) is 6.39. The SMILES string of the molecule is O=CN1[C@@H]2C[C@@H]2C[C@H]1C(=O)c1cccc(Br)n1. The number of carbonyl (C=O) groups excluding carboxylic acids is 2. The van der Waals surface area contributed by atoms with Crippen molar-refractivity contribution in [2.24, 2.45) is 5.92 Å². The lowest BCUT2D eigenvalue weighted by Gasteiger charge is -2.21. The number of halogens is 1. The molecule has 2 aliphatic rings. The number of ketones is 1. The largest absolute Gasteiger partial charge is 0.331 e. The minimum Gasteiger partial charge on any atom is -0.331 e. The third kappa shape index (κ3) is 1.78. The molecule has 17 heavy (non-hydrogen) atoms. The second-order valence-corrected chi connectivity index (χ2v) is 5.39. The fraction of sp³-hybridized carbons (Fsp3) is 0.417. The van der Waals surface area contributed by atoms with Crippen molar-refractivity contribution in [1.82, 2.24) is 9.88 Å². The summed E-state index contributed by atoms with van der Waals surface area (Å²) in [7, 11) is 0. The molecule has 2 heterocycles. The maximum Gasteiger partial charge on any atom is 0.210 e. The van der Waals surface area contributed by atoms with Crippen LogP contribution in [0.5, 0.6) is 0 Å². The fourth-order valence-corrected chi connectivity index (χ4v) is 2.94. The van der Waals surface area contributed by atoms with Crippen LogP contribution in [0.2, 0.25) is 0 Å². The summed E-state index contributed by atoms with van der Waals surface area (Å²) in [6.07, 6.45) is 2.64. The van der Waals surface area contributed by atoms with E-state index >= 15 is 0 Å². The zero-order chi connectivity index (χ0) is 12.0. The van der Waals surface area contributed by atoms with Gasteiger partial charge in [0.15, 0.2) is 0 Å². The first-order valence-electron chi connectivity index (χ1n) is 5.60. The van der Waals surface area contributed by atoms with Crippen LogP contribution in [-0.2, 0) is 4.79 Å². The molecular weight excluding hydrogens is 284 g/mol. The predicted octanol–water partition coefficient (Wildman–Crippen LogP) is 1.65. The van der Waals surface area contributed by atoms with Crippen LogP contribution in [0.3, 0.4) is 0 Å². The number of hydrogen-bond acceptors (Lipinski definition) is 3. The molecule has 0 unspecified atom stereocenters. The molecule has 3 rings (SSSR count). The zero-order valence-electron chi connectivity index (χ0n) is 9.04. The number of hydrogen-bond donors (Lipinski definition) is 0. The smallest absolute Gasteiger partial charge is 0.210 e. The Labute approximate surface area is 107 Å². The summed E-state index contributed by atoms with van der Waals surface area (Å²) in [5.74, 6) is 0.479. The van der Waals surface area contributed by atoms with E-state index in [4.69, 9.17) is 0 Å². The van der Waals surface area contributed by atoms with Gasteiger partial charge in [-0.05, 0) is 46.8 Å². The van der Waals surface area contributed by atoms with E-state index in [9.17, 15) is 9.59 Å². The number of aromatic nitrogens is 1. The van der Waals surface area contributed by atoms with Gasteiger partial charge in [-0.1, -0.05) is 6.07 Å². The van der Waals surface area contributed by atoms with E-state index in [1.807, 2.05) is 0 Å². The number of piperidine rings is 1. The van der Waals surface area contributed by atoms with E-state index in [-0.39, 0.29) is 11.8 Å². The van der Waals surface area contributed by atoms with Crippen LogP contribution < -0.4 is 0 Å². The molecule has 0 bridgehead atoms. The van der Waals surface area contributed by atoms with Gasteiger partial charge in [0, 0.05) is 6.04 Å². The lowest BCUT2D eigenvalue weighted by Crippen LogP contribution is -2.38. The van der Waals surface area contributed by atoms with E-state index < -0.39 is 0 Å². The number of pyridine rings is 1. The molecule has 2 fully saturated rings. The van der Waals surface area contributed by atoms with Crippen molar-refractivity contribution < 1.29 is 9.59 Å². The summed E-state index contributed by atoms with van der Waals surface area (Å²) >= 11 is 3.25. The maximum absolute atomic E-state index is 12.3. The van der Waals surface area contributed by atoms with E-state index in [0.29, 0.717) is 22.3 Å². The highest BCUT2D eigenvalue weighted by Gasteiger charge is 2.53. The van der Waals surface area contributed by atoms with Crippen molar-refractivity contribution in [1.29, 1.82) is 0 Å². The van der Waals surface area contributed by atoms with Crippen LogP contribution in [0.1, 0.15) is 23.3 Å². The number of nitrogens with zero attached hydrogens (tertiary/aromatic N) is 2. The number of fused-ring (bicyclic) bond motifs is 1. The molecule has 0 aromatic carbocycles. The molecule has 1 aliphatic carbocycles. The van der Waals surface area contributed by atoms with Gasteiger partial charge in [-0.2, -0.15) is 0 Å². The molecule has 0 radical (unpaired) electrons. The van der Waals surface area contributed by atoms with E-state index in [1.165, 1.54) is 0 Å². The number of amides is 1. The second kappa shape index (κ2) is 3.91. The molecule has 3 atom stereocenters. The van der Waals surface area contributed by atoms with Crippen molar-refractivity contribution in [2.75, 3.05) is 0 Å². The van der Waals surface area contributed by atoms with E-state index in [2.05, 4.69) is 20.9 Å². The van der Waals surface area contributed by atoms with Crippen LogP contribution in [0.25, 0.3) is 0 Å². The lowest BCUT2D eigenvalue weighted by atomic mass is 10.0. The summed E-state index contributed by atoms with van der Waals surface area (Å²) in [6.45, 7) is 0. The molecule has 5 heteroatoms. The summed E-state index contributed by atoms with van der Waals surface area (Å²) in [6, 6.07) is 5.25. The van der Waals surface area contributed by atoms with Crippen LogP contribution in [0, 0.1) is 5.92 Å². The number of rotatable bonds is 3. The van der Waals surface area contributed by atoms with Gasteiger partial charge in [0.1, 0.15) is 10.3 Å². The number of carbonyl (C=O) groups is 2. The zero-order valence-corrected chi connectivity index (χ0v) is 10.6. The van der Waals surface area contributed by atoms with Crippen LogP contribution in [-0.4, -0.2) is 34.2 Å². The maximum atomic E-state index is 12.3.